The molecule has 0 radical (unpaired) electrons. The fraction of sp³-hybridized carbons (Fsp3) is 0.400. The van der Waals surface area contributed by atoms with Crippen LogP contribution in [0.5, 0.6) is 0 Å². The first-order chi connectivity index (χ1) is 11.0. The lowest BCUT2D eigenvalue weighted by atomic mass is 10.1. The van der Waals surface area contributed by atoms with E-state index in [9.17, 15) is 13.2 Å². The molecule has 0 saturated heterocycles. The smallest absolute Gasteiger partial charge is 0.335 e. The van der Waals surface area contributed by atoms with Gasteiger partial charge in [0.1, 0.15) is 6.04 Å². The second-order valence-corrected chi connectivity index (χ2v) is 7.13. The fourth-order valence-electron chi connectivity index (χ4n) is 1.96. The summed E-state index contributed by atoms with van der Waals surface area (Å²) in [6.07, 6.45) is 0.736. The van der Waals surface area contributed by atoms with Gasteiger partial charge in [-0.05, 0) is 5.56 Å². The Morgan fingerprint density at radius 1 is 1.22 bits per heavy atom. The summed E-state index contributed by atoms with van der Waals surface area (Å²) in [5, 5.41) is 9.77. The summed E-state index contributed by atoms with van der Waals surface area (Å²) in [4.78, 5) is 11.7. The zero-order valence-corrected chi connectivity index (χ0v) is 13.8. The molecule has 7 nitrogen and oxygen atoms in total. The second kappa shape index (κ2) is 7.36. The first-order valence-electron chi connectivity index (χ1n) is 7.35. The molecule has 1 aromatic carbocycles. The van der Waals surface area contributed by atoms with Gasteiger partial charge in [-0.3, -0.25) is 4.79 Å². The molecule has 0 saturated carbocycles. The van der Waals surface area contributed by atoms with Gasteiger partial charge in [0.05, 0.1) is 5.75 Å². The summed E-state index contributed by atoms with van der Waals surface area (Å²) >= 11 is 0. The highest BCUT2D eigenvalue weighted by Crippen LogP contribution is 2.20. The van der Waals surface area contributed by atoms with Gasteiger partial charge in [0.25, 0.3) is 0 Å². The van der Waals surface area contributed by atoms with Crippen LogP contribution < -0.4 is 5.32 Å². The van der Waals surface area contributed by atoms with Crippen LogP contribution in [0.1, 0.15) is 37.8 Å². The van der Waals surface area contributed by atoms with Crippen molar-refractivity contribution in [3.05, 3.63) is 41.8 Å². The minimum atomic E-state index is -3.57. The van der Waals surface area contributed by atoms with E-state index in [2.05, 4.69) is 15.5 Å². The molecule has 1 amide bonds. The standard InChI is InChI=1S/C15H19N3O4S/c1-3-13(19)16-12(10-11-8-6-5-7-9-11)14-17-18-15(22-14)23(20,21)4-2/h5-9,12H,3-4,10H2,1-2H3,(H,16,19)/t12-/m0/s1. The Bertz CT molecular complexity index is 756. The van der Waals surface area contributed by atoms with Gasteiger partial charge in [-0.1, -0.05) is 49.3 Å². The van der Waals surface area contributed by atoms with Gasteiger partial charge >= 0.3 is 5.22 Å². The molecule has 2 rings (SSSR count). The molecule has 0 aliphatic heterocycles. The third-order valence-electron chi connectivity index (χ3n) is 3.31. The fourth-order valence-corrected chi connectivity index (χ4v) is 2.58. The molecule has 124 valence electrons. The van der Waals surface area contributed by atoms with Crippen LogP contribution in [-0.4, -0.2) is 30.3 Å². The van der Waals surface area contributed by atoms with Crippen molar-refractivity contribution < 1.29 is 17.6 Å². The molecule has 0 unspecified atom stereocenters. The van der Waals surface area contributed by atoms with E-state index in [0.717, 1.165) is 5.56 Å². The Morgan fingerprint density at radius 3 is 2.52 bits per heavy atom. The monoisotopic (exact) mass is 337 g/mol. The molecular formula is C15H19N3O4S. The van der Waals surface area contributed by atoms with Crippen molar-refractivity contribution in [3.8, 4) is 0 Å². The van der Waals surface area contributed by atoms with Crippen LogP contribution >= 0.6 is 0 Å². The normalized spacial score (nSPS) is 12.8. The van der Waals surface area contributed by atoms with Crippen molar-refractivity contribution in [2.75, 3.05) is 5.75 Å². The van der Waals surface area contributed by atoms with Gasteiger partial charge in [0.15, 0.2) is 0 Å². The maximum absolute atomic E-state index is 11.8. The molecule has 0 fully saturated rings. The van der Waals surface area contributed by atoms with Crippen LogP contribution in [0.15, 0.2) is 40.0 Å². The van der Waals surface area contributed by atoms with Crippen LogP contribution in [0.2, 0.25) is 0 Å². The predicted octanol–water partition coefficient (Wildman–Crippen LogP) is 1.67. The van der Waals surface area contributed by atoms with Crippen LogP contribution in [-0.2, 0) is 21.1 Å². The number of nitrogens with zero attached hydrogens (tertiary/aromatic N) is 2. The minimum Gasteiger partial charge on any atom is -0.410 e. The molecule has 1 aromatic heterocycles. The van der Waals surface area contributed by atoms with E-state index in [-0.39, 0.29) is 17.6 Å². The van der Waals surface area contributed by atoms with Crippen LogP contribution in [0.25, 0.3) is 0 Å². The largest absolute Gasteiger partial charge is 0.410 e. The molecule has 0 aliphatic rings. The number of benzene rings is 1. The Kier molecular flexibility index (Phi) is 5.49. The number of nitrogens with one attached hydrogen (secondary N) is 1. The highest BCUT2D eigenvalue weighted by Gasteiger charge is 2.25. The van der Waals surface area contributed by atoms with Gasteiger partial charge < -0.3 is 9.73 Å². The van der Waals surface area contributed by atoms with Gasteiger partial charge in [0.2, 0.25) is 21.6 Å². The molecular weight excluding hydrogens is 318 g/mol. The third kappa shape index (κ3) is 4.38. The Balaban J connectivity index is 2.28. The molecule has 0 spiro atoms. The van der Waals surface area contributed by atoms with Gasteiger partial charge in [-0.2, -0.15) is 0 Å². The van der Waals surface area contributed by atoms with E-state index in [0.29, 0.717) is 12.8 Å². The molecule has 1 atom stereocenters. The Hall–Kier alpha value is -2.22. The molecule has 1 N–H and O–H groups in total. The van der Waals surface area contributed by atoms with E-state index in [4.69, 9.17) is 4.42 Å². The molecule has 8 heteroatoms. The van der Waals surface area contributed by atoms with Crippen molar-refractivity contribution in [2.45, 2.75) is 38.0 Å². The SMILES string of the molecule is CCC(=O)N[C@@H](Cc1ccccc1)c1nnc(S(=O)(=O)CC)o1. The van der Waals surface area contributed by atoms with Gasteiger partial charge in [-0.15, -0.1) is 5.10 Å². The van der Waals surface area contributed by atoms with Crippen molar-refractivity contribution in [2.24, 2.45) is 0 Å². The zero-order chi connectivity index (χ0) is 16.9. The lowest BCUT2D eigenvalue weighted by Crippen LogP contribution is -2.29. The number of sulfone groups is 1. The van der Waals surface area contributed by atoms with Crippen molar-refractivity contribution >= 4 is 15.7 Å². The maximum atomic E-state index is 11.8. The maximum Gasteiger partial charge on any atom is 0.335 e. The zero-order valence-electron chi connectivity index (χ0n) is 13.0. The summed E-state index contributed by atoms with van der Waals surface area (Å²) in [6, 6.07) is 8.90. The number of carbonyl (C=O) groups is 1. The summed E-state index contributed by atoms with van der Waals surface area (Å²) in [6.45, 7) is 3.23. The summed E-state index contributed by atoms with van der Waals surface area (Å²) in [5.74, 6) is -0.217. The van der Waals surface area contributed by atoms with E-state index >= 15 is 0 Å². The van der Waals surface area contributed by atoms with Crippen LogP contribution in [0.4, 0.5) is 0 Å². The number of hydrogen-bond donors (Lipinski definition) is 1. The van der Waals surface area contributed by atoms with E-state index < -0.39 is 21.1 Å². The van der Waals surface area contributed by atoms with E-state index in [1.54, 1.807) is 6.92 Å². The number of aromatic nitrogens is 2. The van der Waals surface area contributed by atoms with Crippen molar-refractivity contribution in [3.63, 3.8) is 0 Å². The average molecular weight is 337 g/mol. The highest BCUT2D eigenvalue weighted by molar-refractivity contribution is 7.91. The minimum absolute atomic E-state index is 0.0858. The Morgan fingerprint density at radius 2 is 1.91 bits per heavy atom. The number of hydrogen-bond acceptors (Lipinski definition) is 6. The van der Waals surface area contributed by atoms with Crippen molar-refractivity contribution in [1.82, 2.24) is 15.5 Å². The van der Waals surface area contributed by atoms with Gasteiger partial charge in [-0.25, -0.2) is 8.42 Å². The number of rotatable bonds is 7. The summed E-state index contributed by atoms with van der Waals surface area (Å²) in [7, 11) is -3.57. The molecule has 1 heterocycles. The predicted molar refractivity (Wildman–Crippen MR) is 83.3 cm³/mol. The number of carbonyl (C=O) groups excluding carboxylic acids is 1. The molecule has 2 aromatic rings. The Labute approximate surface area is 135 Å². The first kappa shape index (κ1) is 17.1. The molecule has 0 aliphatic carbocycles. The summed E-state index contributed by atoms with van der Waals surface area (Å²) < 4.78 is 28.9. The third-order valence-corrected chi connectivity index (χ3v) is 4.76. The van der Waals surface area contributed by atoms with E-state index in [1.807, 2.05) is 30.3 Å². The highest BCUT2D eigenvalue weighted by atomic mass is 32.2. The van der Waals surface area contributed by atoms with Crippen LogP contribution in [0.3, 0.4) is 0 Å². The van der Waals surface area contributed by atoms with Crippen LogP contribution in [0, 0.1) is 0 Å². The lowest BCUT2D eigenvalue weighted by molar-refractivity contribution is -0.121. The summed E-state index contributed by atoms with van der Waals surface area (Å²) in [5.41, 5.74) is 0.965. The second-order valence-electron chi connectivity index (χ2n) is 4.97. The van der Waals surface area contributed by atoms with E-state index in [1.165, 1.54) is 6.92 Å². The number of amides is 1. The lowest BCUT2D eigenvalue weighted by Gasteiger charge is -2.14. The van der Waals surface area contributed by atoms with Gasteiger partial charge in [0, 0.05) is 12.8 Å². The topological polar surface area (TPSA) is 102 Å². The average Bonchev–Trinajstić information content (AvgIpc) is 3.06. The quantitative estimate of drug-likeness (QED) is 0.824. The first-order valence-corrected chi connectivity index (χ1v) is 9.01. The van der Waals surface area contributed by atoms with Crippen molar-refractivity contribution in [1.29, 1.82) is 0 Å². The molecule has 23 heavy (non-hydrogen) atoms. The molecule has 0 bridgehead atoms.